The molecule has 0 aliphatic rings. The van der Waals surface area contributed by atoms with E-state index >= 15 is 0 Å². The Bertz CT molecular complexity index is 593. The van der Waals surface area contributed by atoms with Crippen molar-refractivity contribution in [2.75, 3.05) is 26.1 Å². The highest BCUT2D eigenvalue weighted by Gasteiger charge is 2.12. The summed E-state index contributed by atoms with van der Waals surface area (Å²) >= 11 is 0. The van der Waals surface area contributed by atoms with Crippen molar-refractivity contribution in [2.24, 2.45) is 0 Å². The molecule has 0 saturated heterocycles. The number of carbonyl (C=O) groups is 1. The first-order chi connectivity index (χ1) is 10.2. The van der Waals surface area contributed by atoms with E-state index in [1.165, 1.54) is 0 Å². The Morgan fingerprint density at radius 2 is 1.76 bits per heavy atom. The van der Waals surface area contributed by atoms with Crippen LogP contribution in [0.15, 0.2) is 48.5 Å². The van der Waals surface area contributed by atoms with Crippen molar-refractivity contribution in [1.29, 1.82) is 0 Å². The maximum Gasteiger partial charge on any atom is 0.170 e. The van der Waals surface area contributed by atoms with E-state index < -0.39 is 0 Å². The Balaban J connectivity index is 2.09. The summed E-state index contributed by atoms with van der Waals surface area (Å²) in [6.07, 6.45) is 0.324. The van der Waals surface area contributed by atoms with Gasteiger partial charge in [0.15, 0.2) is 5.78 Å². The third-order valence-corrected chi connectivity index (χ3v) is 3.08. The van der Waals surface area contributed by atoms with Gasteiger partial charge in [-0.1, -0.05) is 24.3 Å². The number of para-hydroxylation sites is 1. The summed E-state index contributed by atoms with van der Waals surface area (Å²) in [5, 5.41) is 0. The van der Waals surface area contributed by atoms with Crippen LogP contribution in [0.25, 0.3) is 0 Å². The van der Waals surface area contributed by atoms with Crippen LogP contribution < -0.4 is 10.5 Å². The second-order valence-corrected chi connectivity index (χ2v) is 4.68. The van der Waals surface area contributed by atoms with Crippen LogP contribution >= 0.6 is 0 Å². The molecule has 0 aliphatic carbocycles. The van der Waals surface area contributed by atoms with Crippen molar-refractivity contribution < 1.29 is 14.3 Å². The van der Waals surface area contributed by atoms with Gasteiger partial charge in [0.2, 0.25) is 0 Å². The third-order valence-electron chi connectivity index (χ3n) is 3.08. The second-order valence-electron chi connectivity index (χ2n) is 4.68. The summed E-state index contributed by atoms with van der Waals surface area (Å²) in [5.74, 6) is 0.614. The Kier molecular flexibility index (Phi) is 5.35. The Morgan fingerprint density at radius 1 is 1.05 bits per heavy atom. The van der Waals surface area contributed by atoms with E-state index in [1.54, 1.807) is 31.4 Å². The highest BCUT2D eigenvalue weighted by Crippen LogP contribution is 2.20. The molecule has 0 bridgehead atoms. The highest BCUT2D eigenvalue weighted by molar-refractivity contribution is 6.00. The van der Waals surface area contributed by atoms with E-state index in [0.717, 1.165) is 5.56 Å². The van der Waals surface area contributed by atoms with Crippen LogP contribution in [0.4, 0.5) is 5.69 Å². The molecular weight excluding hydrogens is 266 g/mol. The van der Waals surface area contributed by atoms with Crippen molar-refractivity contribution in [3.63, 3.8) is 0 Å². The zero-order valence-corrected chi connectivity index (χ0v) is 12.0. The molecule has 21 heavy (non-hydrogen) atoms. The van der Waals surface area contributed by atoms with Crippen LogP contribution in [-0.2, 0) is 11.2 Å². The molecule has 0 saturated carbocycles. The number of nitrogen functional groups attached to an aromatic ring is 1. The first kappa shape index (κ1) is 15.1. The standard InChI is InChI=1S/C17H19NO3/c1-20-10-11-21-17-5-3-2-4-15(17)16(19)12-13-6-8-14(18)9-7-13/h2-9H,10-12,18H2,1H3. The molecular formula is C17H19NO3. The van der Waals surface area contributed by atoms with Gasteiger partial charge in [0.05, 0.1) is 12.2 Å². The van der Waals surface area contributed by atoms with Gasteiger partial charge in [0.1, 0.15) is 12.4 Å². The lowest BCUT2D eigenvalue weighted by molar-refractivity contribution is 0.0985. The molecule has 0 amide bonds. The number of nitrogens with two attached hydrogens (primary N) is 1. The number of hydrogen-bond donors (Lipinski definition) is 1. The van der Waals surface area contributed by atoms with Gasteiger partial charge in [-0.3, -0.25) is 4.79 Å². The SMILES string of the molecule is COCCOc1ccccc1C(=O)Cc1ccc(N)cc1. The molecule has 110 valence electrons. The first-order valence-corrected chi connectivity index (χ1v) is 6.79. The fourth-order valence-electron chi connectivity index (χ4n) is 1.97. The molecule has 0 aromatic heterocycles. The molecule has 2 aromatic carbocycles. The zero-order chi connectivity index (χ0) is 15.1. The van der Waals surface area contributed by atoms with Crippen molar-refractivity contribution >= 4 is 11.5 Å². The number of hydrogen-bond acceptors (Lipinski definition) is 4. The van der Waals surface area contributed by atoms with E-state index in [0.29, 0.717) is 36.6 Å². The van der Waals surface area contributed by atoms with E-state index in [-0.39, 0.29) is 5.78 Å². The summed E-state index contributed by atoms with van der Waals surface area (Å²) in [5.41, 5.74) is 7.85. The minimum atomic E-state index is 0.0211. The quantitative estimate of drug-likeness (QED) is 0.483. The minimum absolute atomic E-state index is 0.0211. The Labute approximate surface area is 124 Å². The molecule has 0 heterocycles. The highest BCUT2D eigenvalue weighted by atomic mass is 16.5. The Hall–Kier alpha value is -2.33. The van der Waals surface area contributed by atoms with Gasteiger partial charge in [0, 0.05) is 19.2 Å². The number of anilines is 1. The van der Waals surface area contributed by atoms with Crippen LogP contribution in [0.3, 0.4) is 0 Å². The lowest BCUT2D eigenvalue weighted by Gasteiger charge is -2.10. The summed E-state index contributed by atoms with van der Waals surface area (Å²) < 4.78 is 10.5. The number of rotatable bonds is 7. The smallest absolute Gasteiger partial charge is 0.170 e. The van der Waals surface area contributed by atoms with Gasteiger partial charge in [-0.05, 0) is 29.8 Å². The fourth-order valence-corrected chi connectivity index (χ4v) is 1.97. The minimum Gasteiger partial charge on any atom is -0.490 e. The van der Waals surface area contributed by atoms with Gasteiger partial charge >= 0.3 is 0 Å². The number of ether oxygens (including phenoxy) is 2. The van der Waals surface area contributed by atoms with Crippen LogP contribution in [0.1, 0.15) is 15.9 Å². The van der Waals surface area contributed by atoms with E-state index in [4.69, 9.17) is 15.2 Å². The predicted octanol–water partition coefficient (Wildman–Crippen LogP) is 2.72. The van der Waals surface area contributed by atoms with E-state index in [9.17, 15) is 4.79 Å². The monoisotopic (exact) mass is 285 g/mol. The molecule has 2 N–H and O–H groups in total. The first-order valence-electron chi connectivity index (χ1n) is 6.79. The van der Waals surface area contributed by atoms with Crippen LogP contribution in [0, 0.1) is 0 Å². The largest absolute Gasteiger partial charge is 0.490 e. The number of methoxy groups -OCH3 is 1. The van der Waals surface area contributed by atoms with Gasteiger partial charge in [-0.25, -0.2) is 0 Å². The van der Waals surface area contributed by atoms with Crippen molar-refractivity contribution in [3.8, 4) is 5.75 Å². The molecule has 4 heteroatoms. The van der Waals surface area contributed by atoms with Crippen LogP contribution in [0.2, 0.25) is 0 Å². The lowest BCUT2D eigenvalue weighted by Crippen LogP contribution is -2.10. The molecule has 0 radical (unpaired) electrons. The molecule has 0 spiro atoms. The normalized spacial score (nSPS) is 10.3. The lowest BCUT2D eigenvalue weighted by atomic mass is 10.0. The predicted molar refractivity (Wildman–Crippen MR) is 82.7 cm³/mol. The van der Waals surface area contributed by atoms with Gasteiger partial charge in [0.25, 0.3) is 0 Å². The molecule has 0 fully saturated rings. The zero-order valence-electron chi connectivity index (χ0n) is 12.0. The molecule has 4 nitrogen and oxygen atoms in total. The molecule has 2 rings (SSSR count). The summed E-state index contributed by atoms with van der Waals surface area (Å²) in [6.45, 7) is 0.906. The molecule has 2 aromatic rings. The average molecular weight is 285 g/mol. The van der Waals surface area contributed by atoms with Crippen LogP contribution in [-0.4, -0.2) is 26.1 Å². The maximum absolute atomic E-state index is 12.4. The number of Topliss-reactive ketones (excluding diaryl/α,β-unsaturated/α-hetero) is 1. The van der Waals surface area contributed by atoms with Crippen LogP contribution in [0.5, 0.6) is 5.75 Å². The van der Waals surface area contributed by atoms with Crippen molar-refractivity contribution in [1.82, 2.24) is 0 Å². The molecule has 0 unspecified atom stereocenters. The van der Waals surface area contributed by atoms with E-state index in [1.807, 2.05) is 24.3 Å². The van der Waals surface area contributed by atoms with Gasteiger partial charge in [-0.2, -0.15) is 0 Å². The van der Waals surface area contributed by atoms with Crippen molar-refractivity contribution in [3.05, 3.63) is 59.7 Å². The summed E-state index contributed by atoms with van der Waals surface area (Å²) in [6, 6.07) is 14.6. The topological polar surface area (TPSA) is 61.5 Å². The summed E-state index contributed by atoms with van der Waals surface area (Å²) in [7, 11) is 1.61. The third kappa shape index (κ3) is 4.33. The second kappa shape index (κ2) is 7.45. The van der Waals surface area contributed by atoms with Crippen molar-refractivity contribution in [2.45, 2.75) is 6.42 Å². The number of benzene rings is 2. The molecule has 0 aliphatic heterocycles. The van der Waals surface area contributed by atoms with E-state index in [2.05, 4.69) is 0 Å². The van der Waals surface area contributed by atoms with Gasteiger partial charge < -0.3 is 15.2 Å². The fraction of sp³-hybridized carbons (Fsp3) is 0.235. The number of carbonyl (C=O) groups excluding carboxylic acids is 1. The molecule has 0 atom stereocenters. The number of ketones is 1. The average Bonchev–Trinajstić information content (AvgIpc) is 2.50. The van der Waals surface area contributed by atoms with Gasteiger partial charge in [-0.15, -0.1) is 0 Å². The maximum atomic E-state index is 12.4. The Morgan fingerprint density at radius 3 is 2.48 bits per heavy atom. The summed E-state index contributed by atoms with van der Waals surface area (Å²) in [4.78, 5) is 12.4.